The van der Waals surface area contributed by atoms with Crippen molar-refractivity contribution < 1.29 is 20.1 Å². The van der Waals surface area contributed by atoms with Crippen molar-refractivity contribution in [1.82, 2.24) is 0 Å². The fourth-order valence-corrected chi connectivity index (χ4v) is 0.410. The van der Waals surface area contributed by atoms with Gasteiger partial charge < -0.3 is 20.1 Å². The van der Waals surface area contributed by atoms with Gasteiger partial charge in [-0.25, -0.2) is 0 Å². The van der Waals surface area contributed by atoms with Crippen LogP contribution in [-0.2, 0) is 4.79 Å². The molecule has 3 N–H and O–H groups in total. The fraction of sp³-hybridized carbons (Fsp3) is 0.875. The largest absolute Gasteiger partial charge is 0.394 e. The number of ketones is 1. The standard InChI is InChI=1S/C5H10O.C3H8O3/c1-3-4-5(2)6;4-1-3(6)2-5/h3-4H2,1-2H3;3-6H,1-2H2. The van der Waals surface area contributed by atoms with Crippen LogP contribution < -0.4 is 0 Å². The maximum Gasteiger partial charge on any atom is 0.129 e. The predicted octanol–water partition coefficient (Wildman–Crippen LogP) is -0.293. The van der Waals surface area contributed by atoms with Crippen molar-refractivity contribution in [2.45, 2.75) is 32.8 Å². The first-order valence-corrected chi connectivity index (χ1v) is 3.97. The number of rotatable bonds is 4. The molecule has 0 fully saturated rings. The molecule has 0 spiro atoms. The zero-order chi connectivity index (χ0) is 9.98. The summed E-state index contributed by atoms with van der Waals surface area (Å²) in [6.45, 7) is 2.89. The highest BCUT2D eigenvalue weighted by molar-refractivity contribution is 5.75. The average molecular weight is 178 g/mol. The minimum atomic E-state index is -0.954. The van der Waals surface area contributed by atoms with Crippen molar-refractivity contribution in [3.8, 4) is 0 Å². The van der Waals surface area contributed by atoms with E-state index in [1.165, 1.54) is 0 Å². The molecule has 4 nitrogen and oxygen atoms in total. The molecule has 0 heterocycles. The molecule has 0 bridgehead atoms. The molecular weight excluding hydrogens is 160 g/mol. The molecule has 0 aromatic carbocycles. The summed E-state index contributed by atoms with van der Waals surface area (Å²) in [5.41, 5.74) is 0. The molecule has 0 amide bonds. The first-order valence-electron chi connectivity index (χ1n) is 3.97. The second kappa shape index (κ2) is 10.6. The van der Waals surface area contributed by atoms with Gasteiger partial charge in [-0.05, 0) is 13.3 Å². The minimum absolute atomic E-state index is 0.289. The first-order chi connectivity index (χ1) is 5.58. The Labute approximate surface area is 72.8 Å². The van der Waals surface area contributed by atoms with E-state index in [0.29, 0.717) is 0 Å². The third kappa shape index (κ3) is 16.3. The zero-order valence-electron chi connectivity index (χ0n) is 7.66. The molecule has 0 saturated carbocycles. The van der Waals surface area contributed by atoms with Crippen LogP contribution in [0.1, 0.15) is 26.7 Å². The van der Waals surface area contributed by atoms with E-state index >= 15 is 0 Å². The highest BCUT2D eigenvalue weighted by Crippen LogP contribution is 1.84. The Morgan fingerprint density at radius 3 is 1.75 bits per heavy atom. The predicted molar refractivity (Wildman–Crippen MR) is 45.8 cm³/mol. The van der Waals surface area contributed by atoms with E-state index in [2.05, 4.69) is 0 Å². The summed E-state index contributed by atoms with van der Waals surface area (Å²) >= 11 is 0. The van der Waals surface area contributed by atoms with Crippen molar-refractivity contribution in [2.75, 3.05) is 13.2 Å². The Bertz CT molecular complexity index is 99.2. The van der Waals surface area contributed by atoms with Crippen LogP contribution >= 0.6 is 0 Å². The number of hydrogen-bond donors (Lipinski definition) is 3. The van der Waals surface area contributed by atoms with Crippen LogP contribution in [0.2, 0.25) is 0 Å². The maximum atomic E-state index is 10.0. The van der Waals surface area contributed by atoms with Crippen LogP contribution in [-0.4, -0.2) is 40.4 Å². The average Bonchev–Trinajstić information content (AvgIpc) is 2.04. The second-order valence-electron chi connectivity index (χ2n) is 2.47. The molecule has 0 rings (SSSR count). The van der Waals surface area contributed by atoms with Gasteiger partial charge in [0.25, 0.3) is 0 Å². The van der Waals surface area contributed by atoms with Gasteiger partial charge in [-0.3, -0.25) is 0 Å². The Morgan fingerprint density at radius 1 is 1.33 bits per heavy atom. The Balaban J connectivity index is 0. The van der Waals surface area contributed by atoms with Crippen molar-refractivity contribution >= 4 is 5.78 Å². The summed E-state index contributed by atoms with van der Waals surface area (Å²) in [5, 5.41) is 24.0. The lowest BCUT2D eigenvalue weighted by Gasteiger charge is -1.96. The maximum absolute atomic E-state index is 10.0. The number of carbonyl (C=O) groups excluding carboxylic acids is 1. The number of carbonyl (C=O) groups is 1. The van der Waals surface area contributed by atoms with Crippen LogP contribution in [0.3, 0.4) is 0 Å². The molecule has 4 heteroatoms. The van der Waals surface area contributed by atoms with Crippen LogP contribution in [0.5, 0.6) is 0 Å². The third-order valence-electron chi connectivity index (χ3n) is 1.02. The van der Waals surface area contributed by atoms with Gasteiger partial charge in [0.05, 0.1) is 13.2 Å². The molecule has 0 aliphatic heterocycles. The van der Waals surface area contributed by atoms with Gasteiger partial charge >= 0.3 is 0 Å². The number of Topliss-reactive ketones (excluding diaryl/α,β-unsaturated/α-hetero) is 1. The van der Waals surface area contributed by atoms with Crippen LogP contribution in [0.25, 0.3) is 0 Å². The molecule has 0 radical (unpaired) electrons. The third-order valence-corrected chi connectivity index (χ3v) is 1.02. The van der Waals surface area contributed by atoms with Gasteiger partial charge in [0.15, 0.2) is 0 Å². The molecular formula is C8H18O4. The summed E-state index contributed by atoms with van der Waals surface area (Å²) in [5.74, 6) is 0.289. The molecule has 0 atom stereocenters. The van der Waals surface area contributed by atoms with Crippen molar-refractivity contribution in [3.05, 3.63) is 0 Å². The summed E-state index contributed by atoms with van der Waals surface area (Å²) in [7, 11) is 0. The topological polar surface area (TPSA) is 77.8 Å². The number of aliphatic hydroxyl groups is 3. The van der Waals surface area contributed by atoms with E-state index in [9.17, 15) is 4.79 Å². The van der Waals surface area contributed by atoms with Gasteiger partial charge in [0.1, 0.15) is 11.9 Å². The van der Waals surface area contributed by atoms with Crippen molar-refractivity contribution in [2.24, 2.45) is 0 Å². The van der Waals surface area contributed by atoms with Gasteiger partial charge in [-0.1, -0.05) is 6.92 Å². The Kier molecular flexibility index (Phi) is 12.4. The van der Waals surface area contributed by atoms with Crippen LogP contribution in [0.4, 0.5) is 0 Å². The molecule has 0 aromatic rings. The molecule has 0 aliphatic rings. The van der Waals surface area contributed by atoms with E-state index in [4.69, 9.17) is 15.3 Å². The van der Waals surface area contributed by atoms with Gasteiger partial charge in [-0.2, -0.15) is 0 Å². The van der Waals surface area contributed by atoms with E-state index in [-0.39, 0.29) is 19.0 Å². The second-order valence-corrected chi connectivity index (χ2v) is 2.47. The summed E-state index contributed by atoms with van der Waals surface area (Å²) in [6.07, 6.45) is 0.764. The zero-order valence-corrected chi connectivity index (χ0v) is 7.66. The van der Waals surface area contributed by atoms with E-state index in [0.717, 1.165) is 12.8 Å². The summed E-state index contributed by atoms with van der Waals surface area (Å²) in [6, 6.07) is 0. The molecule has 74 valence electrons. The van der Waals surface area contributed by atoms with Crippen LogP contribution in [0.15, 0.2) is 0 Å². The normalized spacial score (nSPS) is 9.17. The van der Waals surface area contributed by atoms with Gasteiger partial charge in [0.2, 0.25) is 0 Å². The van der Waals surface area contributed by atoms with E-state index in [1.54, 1.807) is 6.92 Å². The van der Waals surface area contributed by atoms with Crippen molar-refractivity contribution in [3.63, 3.8) is 0 Å². The van der Waals surface area contributed by atoms with Gasteiger partial charge in [0, 0.05) is 6.42 Å². The SMILES string of the molecule is CCCC(C)=O.OCC(O)CO. The van der Waals surface area contributed by atoms with E-state index in [1.807, 2.05) is 6.92 Å². The quantitative estimate of drug-likeness (QED) is 0.552. The fourth-order valence-electron chi connectivity index (χ4n) is 0.410. The lowest BCUT2D eigenvalue weighted by molar-refractivity contribution is -0.117. The smallest absolute Gasteiger partial charge is 0.129 e. The first kappa shape index (κ1) is 14.1. The molecule has 0 saturated heterocycles. The molecule has 0 aromatic heterocycles. The lowest BCUT2D eigenvalue weighted by Crippen LogP contribution is -2.15. The molecule has 12 heavy (non-hydrogen) atoms. The summed E-state index contributed by atoms with van der Waals surface area (Å²) in [4.78, 5) is 10.0. The number of hydrogen-bond acceptors (Lipinski definition) is 4. The lowest BCUT2D eigenvalue weighted by atomic mass is 10.3. The van der Waals surface area contributed by atoms with Crippen LogP contribution in [0, 0.1) is 0 Å². The molecule has 0 aliphatic carbocycles. The van der Waals surface area contributed by atoms with E-state index < -0.39 is 6.10 Å². The van der Waals surface area contributed by atoms with Gasteiger partial charge in [-0.15, -0.1) is 0 Å². The highest BCUT2D eigenvalue weighted by atomic mass is 16.3. The monoisotopic (exact) mass is 178 g/mol. The summed E-state index contributed by atoms with van der Waals surface area (Å²) < 4.78 is 0. The Morgan fingerprint density at radius 2 is 1.75 bits per heavy atom. The minimum Gasteiger partial charge on any atom is -0.394 e. The Hall–Kier alpha value is -0.450. The van der Waals surface area contributed by atoms with Crippen molar-refractivity contribution in [1.29, 1.82) is 0 Å². The molecule has 0 unspecified atom stereocenters. The number of aliphatic hydroxyl groups excluding tert-OH is 3. The highest BCUT2D eigenvalue weighted by Gasteiger charge is 1.93.